The Hall–Kier alpha value is -2.22. The minimum absolute atomic E-state index is 0. The van der Waals surface area contributed by atoms with Gasteiger partial charge in [-0.3, -0.25) is 4.79 Å². The van der Waals surface area contributed by atoms with Crippen molar-refractivity contribution in [3.05, 3.63) is 48.5 Å². The SMILES string of the molecule is CN(C(=O)Cc1ccccc1)n1cn[n+](CC(=O)O)c1.[Br-]. The molecule has 1 N–H and O–H groups in total. The van der Waals surface area contributed by atoms with Gasteiger partial charge in [0, 0.05) is 0 Å². The second kappa shape index (κ2) is 7.53. The molecule has 0 aliphatic carbocycles. The first-order valence-electron chi connectivity index (χ1n) is 6.02. The van der Waals surface area contributed by atoms with Crippen LogP contribution in [0.15, 0.2) is 43.0 Å². The van der Waals surface area contributed by atoms with Crippen molar-refractivity contribution in [1.29, 1.82) is 0 Å². The van der Waals surface area contributed by atoms with Crippen molar-refractivity contribution in [2.75, 3.05) is 12.1 Å². The molecule has 21 heavy (non-hydrogen) atoms. The highest BCUT2D eigenvalue weighted by atomic mass is 79.9. The first kappa shape index (κ1) is 16.8. The Balaban J connectivity index is 0.00000220. The summed E-state index contributed by atoms with van der Waals surface area (Å²) >= 11 is 0. The van der Waals surface area contributed by atoms with Crippen molar-refractivity contribution in [3.63, 3.8) is 0 Å². The molecule has 7 nitrogen and oxygen atoms in total. The third kappa shape index (κ3) is 4.67. The number of carboxylic acid groups (broad SMARTS) is 1. The highest BCUT2D eigenvalue weighted by Crippen LogP contribution is 2.01. The number of aliphatic carboxylic acids is 1. The van der Waals surface area contributed by atoms with E-state index in [2.05, 4.69) is 5.10 Å². The molecule has 0 spiro atoms. The number of nitrogens with zero attached hydrogens (tertiary/aromatic N) is 4. The maximum Gasteiger partial charge on any atom is 0.348 e. The van der Waals surface area contributed by atoms with Gasteiger partial charge in [-0.2, -0.15) is 5.01 Å². The summed E-state index contributed by atoms with van der Waals surface area (Å²) in [6, 6.07) is 9.40. The lowest BCUT2D eigenvalue weighted by Gasteiger charge is -2.11. The van der Waals surface area contributed by atoms with Gasteiger partial charge < -0.3 is 22.1 Å². The molecule has 1 aromatic heterocycles. The van der Waals surface area contributed by atoms with E-state index in [0.29, 0.717) is 0 Å². The van der Waals surface area contributed by atoms with Crippen LogP contribution in [0.2, 0.25) is 0 Å². The molecule has 0 radical (unpaired) electrons. The Kier molecular flexibility index (Phi) is 6.04. The van der Waals surface area contributed by atoms with Gasteiger partial charge in [0.25, 0.3) is 12.2 Å². The van der Waals surface area contributed by atoms with Crippen LogP contribution in [0.4, 0.5) is 0 Å². The minimum atomic E-state index is -0.987. The smallest absolute Gasteiger partial charge is 0.348 e. The third-order valence-corrected chi connectivity index (χ3v) is 2.77. The quantitative estimate of drug-likeness (QED) is 0.567. The van der Waals surface area contributed by atoms with E-state index in [4.69, 9.17) is 5.11 Å². The molecule has 0 aliphatic rings. The van der Waals surface area contributed by atoms with Gasteiger partial charge in [-0.15, -0.1) is 9.36 Å². The van der Waals surface area contributed by atoms with E-state index in [1.807, 2.05) is 30.3 Å². The lowest BCUT2D eigenvalue weighted by Crippen LogP contribution is -3.00. The number of carbonyl (C=O) groups is 2. The van der Waals surface area contributed by atoms with Gasteiger partial charge in [0.2, 0.25) is 12.9 Å². The number of amides is 1. The molecule has 0 saturated heterocycles. The molecule has 1 amide bonds. The normalized spacial score (nSPS) is 9.76. The van der Waals surface area contributed by atoms with Gasteiger partial charge in [-0.1, -0.05) is 30.3 Å². The summed E-state index contributed by atoms with van der Waals surface area (Å²) in [6.07, 6.45) is 3.12. The molecule has 8 heteroatoms. The van der Waals surface area contributed by atoms with E-state index in [9.17, 15) is 9.59 Å². The van der Waals surface area contributed by atoms with Crippen LogP contribution in [-0.2, 0) is 22.6 Å². The molecule has 1 heterocycles. The van der Waals surface area contributed by atoms with Gasteiger partial charge in [0.15, 0.2) is 0 Å². The average Bonchev–Trinajstić information content (AvgIpc) is 2.86. The Labute approximate surface area is 132 Å². The number of hydrogen-bond donors (Lipinski definition) is 1. The molecule has 0 bridgehead atoms. The topological polar surface area (TPSA) is 79.3 Å². The predicted molar refractivity (Wildman–Crippen MR) is 69.4 cm³/mol. The van der Waals surface area contributed by atoms with Gasteiger partial charge in [0.05, 0.1) is 13.5 Å². The summed E-state index contributed by atoms with van der Waals surface area (Å²) in [7, 11) is 1.61. The van der Waals surface area contributed by atoms with Crippen LogP contribution in [-0.4, -0.2) is 33.8 Å². The fraction of sp³-hybridized carbons (Fsp3) is 0.231. The Morgan fingerprint density at radius 1 is 1.33 bits per heavy atom. The summed E-state index contributed by atoms with van der Waals surface area (Å²) < 4.78 is 2.70. The van der Waals surface area contributed by atoms with Crippen molar-refractivity contribution in [2.24, 2.45) is 0 Å². The molecule has 112 valence electrons. The van der Waals surface area contributed by atoms with Gasteiger partial charge in [-0.25, -0.2) is 4.79 Å². The van der Waals surface area contributed by atoms with Crippen LogP contribution in [0.25, 0.3) is 0 Å². The van der Waals surface area contributed by atoms with E-state index in [1.54, 1.807) is 7.05 Å². The zero-order valence-corrected chi connectivity index (χ0v) is 13.0. The number of hydrogen-bond acceptors (Lipinski definition) is 3. The first-order valence-corrected chi connectivity index (χ1v) is 6.02. The van der Waals surface area contributed by atoms with Crippen LogP contribution in [0, 0.1) is 0 Å². The molecular formula is C13H15BrN4O3. The lowest BCUT2D eigenvalue weighted by molar-refractivity contribution is -0.741. The van der Waals surface area contributed by atoms with Crippen molar-refractivity contribution in [1.82, 2.24) is 9.77 Å². The molecule has 0 aliphatic heterocycles. The van der Waals surface area contributed by atoms with Crippen molar-refractivity contribution in [2.45, 2.75) is 13.0 Å². The van der Waals surface area contributed by atoms with Gasteiger partial charge in [0.1, 0.15) is 0 Å². The second-order valence-corrected chi connectivity index (χ2v) is 4.30. The third-order valence-electron chi connectivity index (χ3n) is 2.77. The highest BCUT2D eigenvalue weighted by molar-refractivity contribution is 5.87. The second-order valence-electron chi connectivity index (χ2n) is 4.30. The molecular weight excluding hydrogens is 340 g/mol. The maximum absolute atomic E-state index is 12.1. The first-order chi connectivity index (χ1) is 9.56. The lowest BCUT2D eigenvalue weighted by atomic mass is 10.1. The molecule has 0 fully saturated rings. The van der Waals surface area contributed by atoms with E-state index in [0.717, 1.165) is 5.56 Å². The number of carboxylic acids is 1. The Morgan fingerprint density at radius 3 is 2.62 bits per heavy atom. The summed E-state index contributed by atoms with van der Waals surface area (Å²) in [5.41, 5.74) is 0.919. The van der Waals surface area contributed by atoms with Crippen molar-refractivity contribution < 1.29 is 36.4 Å². The molecule has 0 atom stereocenters. The fourth-order valence-corrected chi connectivity index (χ4v) is 1.70. The number of rotatable bonds is 5. The molecule has 0 saturated carbocycles. The standard InChI is InChI=1S/C13H14N4O3.BrH/c1-15(12(18)7-11-5-3-2-4-6-11)17-9-14-16(10-17)8-13(19)20;/h2-6,9-10H,7-8H2,1H3;1H. The zero-order chi connectivity index (χ0) is 14.5. The molecule has 2 aromatic rings. The minimum Gasteiger partial charge on any atom is -1.00 e. The summed E-state index contributed by atoms with van der Waals surface area (Å²) in [4.78, 5) is 22.7. The summed E-state index contributed by atoms with van der Waals surface area (Å²) in [5.74, 6) is -1.10. The number of aromatic nitrogens is 3. The highest BCUT2D eigenvalue weighted by Gasteiger charge is 2.18. The van der Waals surface area contributed by atoms with Crippen LogP contribution < -0.4 is 26.7 Å². The monoisotopic (exact) mass is 354 g/mol. The summed E-state index contributed by atoms with van der Waals surface area (Å²) in [5, 5.41) is 13.9. The Morgan fingerprint density at radius 2 is 2.00 bits per heavy atom. The molecule has 1 aromatic carbocycles. The summed E-state index contributed by atoms with van der Waals surface area (Å²) in [6.45, 7) is -0.242. The van der Waals surface area contributed by atoms with Crippen LogP contribution in [0.5, 0.6) is 0 Å². The van der Waals surface area contributed by atoms with Crippen molar-refractivity contribution >= 4 is 11.9 Å². The van der Waals surface area contributed by atoms with Gasteiger partial charge >= 0.3 is 5.97 Å². The number of likely N-dealkylation sites (N-methyl/N-ethyl adjacent to an activating group) is 1. The maximum atomic E-state index is 12.1. The predicted octanol–water partition coefficient (Wildman–Crippen LogP) is -3.40. The zero-order valence-electron chi connectivity index (χ0n) is 11.4. The van der Waals surface area contributed by atoms with E-state index < -0.39 is 5.97 Å². The number of benzene rings is 1. The van der Waals surface area contributed by atoms with Crippen LogP contribution in [0.1, 0.15) is 5.56 Å². The van der Waals surface area contributed by atoms with E-state index in [-0.39, 0.29) is 35.9 Å². The van der Waals surface area contributed by atoms with Gasteiger partial charge in [-0.05, 0) is 10.7 Å². The largest absolute Gasteiger partial charge is 1.00 e. The van der Waals surface area contributed by atoms with E-state index >= 15 is 0 Å². The van der Waals surface area contributed by atoms with Crippen molar-refractivity contribution in [3.8, 4) is 0 Å². The molecule has 2 rings (SSSR count). The molecule has 0 unspecified atom stereocenters. The average molecular weight is 355 g/mol. The number of carbonyl (C=O) groups excluding carboxylic acids is 1. The Bertz CT molecular complexity index is 615. The van der Waals surface area contributed by atoms with Crippen LogP contribution >= 0.6 is 0 Å². The van der Waals surface area contributed by atoms with E-state index in [1.165, 1.54) is 27.0 Å². The van der Waals surface area contributed by atoms with Crippen LogP contribution in [0.3, 0.4) is 0 Å². The number of halogens is 1. The fourth-order valence-electron chi connectivity index (χ4n) is 1.70.